The van der Waals surface area contributed by atoms with Gasteiger partial charge in [0.15, 0.2) is 5.78 Å². The SMILES string of the molecule is C1CN(C2COCCOC2)CCN1.CC(C)(C)OC(=O)N1CCN(C2COCCOC2)CC1.CC(C)(C)OC(=O)N1CCNCC1.O=C1COCCOC1. The van der Waals surface area contributed by atoms with Crippen LogP contribution in [0.1, 0.15) is 41.5 Å². The van der Waals surface area contributed by atoms with E-state index in [-0.39, 0.29) is 36.8 Å². The van der Waals surface area contributed by atoms with Gasteiger partial charge in [0.2, 0.25) is 0 Å². The van der Waals surface area contributed by atoms with Crippen molar-refractivity contribution < 1.29 is 52.3 Å². The highest BCUT2D eigenvalue weighted by atomic mass is 16.6. The highest BCUT2D eigenvalue weighted by Crippen LogP contribution is 2.14. The zero-order chi connectivity index (χ0) is 39.2. The fourth-order valence-corrected chi connectivity index (χ4v) is 5.98. The van der Waals surface area contributed by atoms with Crippen LogP contribution in [0.4, 0.5) is 9.59 Å². The third-order valence-corrected chi connectivity index (χ3v) is 8.80. The van der Waals surface area contributed by atoms with Crippen molar-refractivity contribution in [3.05, 3.63) is 0 Å². The summed E-state index contributed by atoms with van der Waals surface area (Å²) in [5, 5.41) is 6.53. The van der Waals surface area contributed by atoms with E-state index in [9.17, 15) is 14.4 Å². The molecule has 6 aliphatic rings. The van der Waals surface area contributed by atoms with Crippen molar-refractivity contribution in [1.29, 1.82) is 0 Å². The lowest BCUT2D eigenvalue weighted by atomic mass is 10.2. The van der Waals surface area contributed by atoms with Crippen molar-refractivity contribution in [2.45, 2.75) is 64.8 Å². The lowest BCUT2D eigenvalue weighted by molar-refractivity contribution is -0.124. The molecule has 0 aliphatic carbocycles. The van der Waals surface area contributed by atoms with Gasteiger partial charge < -0.3 is 58.3 Å². The second kappa shape index (κ2) is 25.1. The molecule has 0 aromatic heterocycles. The Bertz CT molecular complexity index is 1030. The number of piperazine rings is 3. The molecule has 6 saturated heterocycles. The molecule has 0 bridgehead atoms. The third-order valence-electron chi connectivity index (χ3n) is 8.80. The molecule has 6 aliphatic heterocycles. The number of hydrogen-bond donors (Lipinski definition) is 2. The molecular weight excluding hydrogens is 704 g/mol. The first kappa shape index (κ1) is 46.2. The van der Waals surface area contributed by atoms with E-state index in [4.69, 9.17) is 37.9 Å². The van der Waals surface area contributed by atoms with E-state index >= 15 is 0 Å². The molecule has 0 unspecified atom stereocenters. The largest absolute Gasteiger partial charge is 0.444 e. The zero-order valence-corrected chi connectivity index (χ0v) is 33.9. The number of carbonyl (C=O) groups excluding carboxylic acids is 3. The first-order valence-corrected chi connectivity index (χ1v) is 19.6. The molecule has 54 heavy (non-hydrogen) atoms. The average Bonchev–Trinajstić information content (AvgIpc) is 3.69. The van der Waals surface area contributed by atoms with Crippen LogP contribution in [0.25, 0.3) is 0 Å². The smallest absolute Gasteiger partial charge is 0.410 e. The van der Waals surface area contributed by atoms with Gasteiger partial charge in [-0.25, -0.2) is 9.59 Å². The molecule has 0 spiro atoms. The Morgan fingerprint density at radius 2 is 0.852 bits per heavy atom. The van der Waals surface area contributed by atoms with Crippen LogP contribution < -0.4 is 10.6 Å². The Balaban J connectivity index is 0.000000203. The van der Waals surface area contributed by atoms with Crippen LogP contribution in [0.15, 0.2) is 0 Å². The second-order valence-corrected chi connectivity index (χ2v) is 15.8. The molecule has 6 rings (SSSR count). The molecule has 6 fully saturated rings. The fraction of sp³-hybridized carbons (Fsp3) is 0.919. The number of hydrogen-bond acceptors (Lipinski definition) is 15. The predicted octanol–water partition coefficient (Wildman–Crippen LogP) is 0.691. The highest BCUT2D eigenvalue weighted by Gasteiger charge is 2.30. The molecule has 17 nitrogen and oxygen atoms in total. The van der Waals surface area contributed by atoms with Gasteiger partial charge in [-0.3, -0.25) is 14.6 Å². The van der Waals surface area contributed by atoms with Gasteiger partial charge in [-0.15, -0.1) is 0 Å². The lowest BCUT2D eigenvalue weighted by Gasteiger charge is -2.38. The van der Waals surface area contributed by atoms with Crippen molar-refractivity contribution in [3.8, 4) is 0 Å². The van der Waals surface area contributed by atoms with Gasteiger partial charge >= 0.3 is 12.2 Å². The lowest BCUT2D eigenvalue weighted by Crippen LogP contribution is -2.54. The minimum absolute atomic E-state index is 0.0301. The molecule has 6 heterocycles. The molecular formula is C37H70N6O11. The number of carbonyl (C=O) groups is 3. The summed E-state index contributed by atoms with van der Waals surface area (Å²) in [7, 11) is 0. The maximum Gasteiger partial charge on any atom is 0.410 e. The van der Waals surface area contributed by atoms with Crippen molar-refractivity contribution >= 4 is 18.0 Å². The number of rotatable bonds is 2. The number of nitrogens with zero attached hydrogens (tertiary/aromatic N) is 4. The molecule has 0 saturated carbocycles. The molecule has 0 aromatic carbocycles. The Hall–Kier alpha value is -2.19. The fourth-order valence-electron chi connectivity index (χ4n) is 5.98. The summed E-state index contributed by atoms with van der Waals surface area (Å²) >= 11 is 0. The van der Waals surface area contributed by atoms with Crippen LogP contribution in [-0.2, 0) is 42.7 Å². The van der Waals surface area contributed by atoms with Crippen LogP contribution in [0.5, 0.6) is 0 Å². The van der Waals surface area contributed by atoms with Crippen molar-refractivity contribution in [1.82, 2.24) is 30.2 Å². The standard InChI is InChI=1S/C14H26N2O4.2C9H18N2O2.C5H8O3/c1-14(2,3)20-13(17)16-6-4-15(5-7-16)12-10-18-8-9-19-11-12;1-3-11(4-2-10-1)9-7-12-5-6-13-8-9;1-9(2,3)13-8(12)11-6-4-10-5-7-11;6-5-3-7-1-2-8-4-5/h12H,4-11H2,1-3H3;9-10H,1-8H2;10H,4-7H2,1-3H3;1-4H2. The highest BCUT2D eigenvalue weighted by molar-refractivity contribution is 5.81. The van der Waals surface area contributed by atoms with Gasteiger partial charge in [0.1, 0.15) is 24.4 Å². The molecule has 2 amide bonds. The van der Waals surface area contributed by atoms with E-state index in [0.29, 0.717) is 64.8 Å². The minimum atomic E-state index is -0.433. The summed E-state index contributed by atoms with van der Waals surface area (Å²) in [4.78, 5) is 42.2. The average molecular weight is 775 g/mol. The topological polar surface area (TPSA) is 162 Å². The van der Waals surface area contributed by atoms with Gasteiger partial charge in [0, 0.05) is 78.5 Å². The summed E-state index contributed by atoms with van der Waals surface area (Å²) in [6.45, 7) is 29.5. The molecule has 2 N–H and O–H groups in total. The summed E-state index contributed by atoms with van der Waals surface area (Å²) in [6, 6.07) is 0.780. The quantitative estimate of drug-likeness (QED) is 0.403. The molecule has 314 valence electrons. The number of ether oxygens (including phenoxy) is 8. The maximum atomic E-state index is 12.0. The maximum absolute atomic E-state index is 12.0. The number of ketones is 1. The van der Waals surface area contributed by atoms with Crippen molar-refractivity contribution in [2.75, 3.05) is 158 Å². The molecule has 0 radical (unpaired) electrons. The van der Waals surface area contributed by atoms with E-state index in [0.717, 1.165) is 91.9 Å². The Labute approximate surface area is 322 Å². The van der Waals surface area contributed by atoms with E-state index in [1.807, 2.05) is 41.5 Å². The summed E-state index contributed by atoms with van der Waals surface area (Å²) in [5.41, 5.74) is -0.820. The number of amides is 2. The van der Waals surface area contributed by atoms with Crippen molar-refractivity contribution in [3.63, 3.8) is 0 Å². The minimum Gasteiger partial charge on any atom is -0.444 e. The van der Waals surface area contributed by atoms with Gasteiger partial charge in [-0.1, -0.05) is 0 Å². The predicted molar refractivity (Wildman–Crippen MR) is 202 cm³/mol. The van der Waals surface area contributed by atoms with Gasteiger partial charge in [-0.2, -0.15) is 0 Å². The Morgan fingerprint density at radius 3 is 1.24 bits per heavy atom. The number of Topliss-reactive ketones (excluding diaryl/α,β-unsaturated/α-hetero) is 1. The Morgan fingerprint density at radius 1 is 0.519 bits per heavy atom. The number of nitrogens with one attached hydrogen (secondary N) is 2. The summed E-state index contributed by atoms with van der Waals surface area (Å²) in [5.74, 6) is 0.0301. The van der Waals surface area contributed by atoms with Crippen LogP contribution in [0, 0.1) is 0 Å². The van der Waals surface area contributed by atoms with Crippen LogP contribution in [0.2, 0.25) is 0 Å². The first-order valence-electron chi connectivity index (χ1n) is 19.6. The van der Waals surface area contributed by atoms with Gasteiger partial charge in [0.05, 0.1) is 78.2 Å². The van der Waals surface area contributed by atoms with Crippen molar-refractivity contribution in [2.24, 2.45) is 0 Å². The summed E-state index contributed by atoms with van der Waals surface area (Å²) < 4.78 is 42.3. The van der Waals surface area contributed by atoms with E-state index in [1.165, 1.54) is 0 Å². The second-order valence-electron chi connectivity index (χ2n) is 15.8. The van der Waals surface area contributed by atoms with Gasteiger partial charge in [-0.05, 0) is 41.5 Å². The van der Waals surface area contributed by atoms with Crippen LogP contribution in [-0.4, -0.2) is 219 Å². The van der Waals surface area contributed by atoms with Gasteiger partial charge in [0.25, 0.3) is 0 Å². The molecule has 17 heteroatoms. The monoisotopic (exact) mass is 775 g/mol. The first-order chi connectivity index (χ1) is 25.8. The molecule has 0 aromatic rings. The van der Waals surface area contributed by atoms with E-state index in [1.54, 1.807) is 9.80 Å². The normalized spacial score (nSPS) is 23.4. The van der Waals surface area contributed by atoms with E-state index < -0.39 is 5.60 Å². The Kier molecular flexibility index (Phi) is 21.5. The van der Waals surface area contributed by atoms with Crippen LogP contribution >= 0.6 is 0 Å². The summed E-state index contributed by atoms with van der Waals surface area (Å²) in [6.07, 6.45) is -0.417. The third kappa shape index (κ3) is 20.1. The van der Waals surface area contributed by atoms with Crippen LogP contribution in [0.3, 0.4) is 0 Å². The van der Waals surface area contributed by atoms with E-state index in [2.05, 4.69) is 20.4 Å². The molecule has 0 atom stereocenters. The zero-order valence-electron chi connectivity index (χ0n) is 33.9.